The molecule has 210 valence electrons. The predicted octanol–water partition coefficient (Wildman–Crippen LogP) is 7.99. The van der Waals surface area contributed by atoms with Crippen molar-refractivity contribution in [2.24, 2.45) is 5.11 Å². The largest absolute Gasteiger partial charge is 0.345 e. The second kappa shape index (κ2) is 16.4. The molecule has 8 nitrogen and oxygen atoms in total. The van der Waals surface area contributed by atoms with Gasteiger partial charge in [0.1, 0.15) is 0 Å². The fourth-order valence-electron chi connectivity index (χ4n) is 4.79. The van der Waals surface area contributed by atoms with Crippen molar-refractivity contribution in [1.29, 1.82) is 0 Å². The van der Waals surface area contributed by atoms with E-state index in [0.717, 1.165) is 24.8 Å². The van der Waals surface area contributed by atoms with E-state index in [1.54, 1.807) is 12.1 Å². The SMILES string of the molecule is CCCCCCCCCCCCCC[C@@H]1OC(C)(C)O[C@H]1[C@H](COS(=O)(=O)c1ccc(C)cc1)N=[N+]=[N-]. The molecule has 1 saturated heterocycles. The summed E-state index contributed by atoms with van der Waals surface area (Å²) in [5.41, 5.74) is 10.1. The summed E-state index contributed by atoms with van der Waals surface area (Å²) in [4.78, 5) is 2.99. The number of ether oxygens (including phenoxy) is 2. The molecule has 0 unspecified atom stereocenters. The Morgan fingerprint density at radius 2 is 1.49 bits per heavy atom. The van der Waals surface area contributed by atoms with E-state index < -0.39 is 28.1 Å². The molecule has 1 aromatic rings. The van der Waals surface area contributed by atoms with E-state index in [1.165, 1.54) is 76.3 Å². The Hall–Kier alpha value is -1.64. The number of hydrogen-bond acceptors (Lipinski definition) is 6. The maximum absolute atomic E-state index is 12.6. The van der Waals surface area contributed by atoms with Crippen molar-refractivity contribution >= 4 is 10.1 Å². The van der Waals surface area contributed by atoms with Crippen LogP contribution in [0.1, 0.15) is 110 Å². The zero-order valence-electron chi connectivity index (χ0n) is 23.2. The Morgan fingerprint density at radius 1 is 0.946 bits per heavy atom. The number of aryl methyl sites for hydroxylation is 1. The van der Waals surface area contributed by atoms with Gasteiger partial charge in [-0.1, -0.05) is 107 Å². The van der Waals surface area contributed by atoms with Gasteiger partial charge < -0.3 is 9.47 Å². The van der Waals surface area contributed by atoms with Crippen molar-refractivity contribution < 1.29 is 22.1 Å². The molecule has 3 atom stereocenters. The van der Waals surface area contributed by atoms with Gasteiger partial charge in [0, 0.05) is 4.91 Å². The monoisotopic (exact) mass is 537 g/mol. The highest BCUT2D eigenvalue weighted by Crippen LogP contribution is 2.34. The molecule has 1 aliphatic heterocycles. The second-order valence-electron chi connectivity index (χ2n) is 10.6. The topological polar surface area (TPSA) is 111 Å². The summed E-state index contributed by atoms with van der Waals surface area (Å²) in [7, 11) is -3.99. The van der Waals surface area contributed by atoms with Gasteiger partial charge in [-0.2, -0.15) is 8.42 Å². The molecule has 1 fully saturated rings. The molecule has 0 N–H and O–H groups in total. The van der Waals surface area contributed by atoms with Crippen LogP contribution in [0, 0.1) is 6.92 Å². The summed E-state index contributed by atoms with van der Waals surface area (Å²) in [6.07, 6.45) is 15.1. The maximum atomic E-state index is 12.6. The number of nitrogens with zero attached hydrogens (tertiary/aromatic N) is 3. The molecular weight excluding hydrogens is 490 g/mol. The van der Waals surface area contributed by atoms with E-state index >= 15 is 0 Å². The lowest BCUT2D eigenvalue weighted by atomic mass is 10.00. The minimum absolute atomic E-state index is 0.0646. The summed E-state index contributed by atoms with van der Waals surface area (Å²) in [5, 5.41) is 3.83. The van der Waals surface area contributed by atoms with E-state index in [1.807, 2.05) is 20.8 Å². The minimum Gasteiger partial charge on any atom is -0.345 e. The molecule has 1 aliphatic rings. The van der Waals surface area contributed by atoms with E-state index in [2.05, 4.69) is 16.9 Å². The molecule has 1 heterocycles. The highest BCUT2D eigenvalue weighted by molar-refractivity contribution is 7.86. The third kappa shape index (κ3) is 11.7. The van der Waals surface area contributed by atoms with Crippen LogP contribution in [0.15, 0.2) is 34.3 Å². The van der Waals surface area contributed by atoms with Crippen LogP contribution in [0.4, 0.5) is 0 Å². The zero-order valence-corrected chi connectivity index (χ0v) is 24.0. The van der Waals surface area contributed by atoms with Crippen molar-refractivity contribution in [1.82, 2.24) is 0 Å². The van der Waals surface area contributed by atoms with Crippen LogP contribution in [0.25, 0.3) is 10.4 Å². The molecule has 1 aromatic carbocycles. The lowest BCUT2D eigenvalue weighted by Crippen LogP contribution is -2.37. The Kier molecular flexibility index (Phi) is 14.0. The van der Waals surface area contributed by atoms with Crippen molar-refractivity contribution in [3.63, 3.8) is 0 Å². The highest BCUT2D eigenvalue weighted by atomic mass is 32.2. The minimum atomic E-state index is -3.99. The molecule has 0 aromatic heterocycles. The van der Waals surface area contributed by atoms with E-state index in [-0.39, 0.29) is 17.6 Å². The van der Waals surface area contributed by atoms with Gasteiger partial charge in [0.2, 0.25) is 0 Å². The van der Waals surface area contributed by atoms with E-state index in [9.17, 15) is 8.42 Å². The number of unbranched alkanes of at least 4 members (excludes halogenated alkanes) is 11. The van der Waals surface area contributed by atoms with Crippen molar-refractivity contribution in [3.05, 3.63) is 40.3 Å². The Labute approximate surface area is 224 Å². The second-order valence-corrected chi connectivity index (χ2v) is 12.3. The molecule has 0 saturated carbocycles. The van der Waals surface area contributed by atoms with Gasteiger partial charge in [-0.25, -0.2) is 0 Å². The molecule has 0 radical (unpaired) electrons. The van der Waals surface area contributed by atoms with Gasteiger partial charge in [-0.15, -0.1) is 0 Å². The molecule has 0 amide bonds. The van der Waals surface area contributed by atoms with Crippen LogP contribution in [0.3, 0.4) is 0 Å². The normalized spacial score (nSPS) is 20.0. The van der Waals surface area contributed by atoms with Gasteiger partial charge in [0.15, 0.2) is 5.79 Å². The average molecular weight is 538 g/mol. The third-order valence-corrected chi connectivity index (χ3v) is 8.14. The molecule has 37 heavy (non-hydrogen) atoms. The van der Waals surface area contributed by atoms with Crippen LogP contribution in [-0.2, 0) is 23.8 Å². The third-order valence-electron chi connectivity index (χ3n) is 6.85. The van der Waals surface area contributed by atoms with Gasteiger partial charge in [0.05, 0.1) is 29.8 Å². The van der Waals surface area contributed by atoms with Crippen molar-refractivity contribution in [3.8, 4) is 0 Å². The molecule has 2 rings (SSSR count). The summed E-state index contributed by atoms with van der Waals surface area (Å²) in [6, 6.07) is 5.60. The summed E-state index contributed by atoms with van der Waals surface area (Å²) < 4.78 is 42.7. The standard InChI is InChI=1S/C28H47N3O5S/c1-5-6-7-8-9-10-11-12-13-14-15-16-17-26-27(36-28(3,4)35-26)25(30-31-29)22-34-37(32,33)24-20-18-23(2)19-21-24/h18-21,25-27H,5-17,22H2,1-4H3/t25-,26-,27-/m0/s1. The van der Waals surface area contributed by atoms with Crippen LogP contribution in [0.5, 0.6) is 0 Å². The summed E-state index contributed by atoms with van der Waals surface area (Å²) >= 11 is 0. The van der Waals surface area contributed by atoms with Gasteiger partial charge >= 0.3 is 0 Å². The number of azide groups is 1. The molecule has 0 bridgehead atoms. The Balaban J connectivity index is 1.79. The van der Waals surface area contributed by atoms with E-state index in [0.29, 0.717) is 0 Å². The number of hydrogen-bond donors (Lipinski definition) is 0. The quantitative estimate of drug-likeness (QED) is 0.0583. The van der Waals surface area contributed by atoms with Crippen LogP contribution in [-0.4, -0.2) is 39.1 Å². The highest BCUT2D eigenvalue weighted by Gasteiger charge is 2.45. The van der Waals surface area contributed by atoms with Crippen LogP contribution >= 0.6 is 0 Å². The first-order chi connectivity index (χ1) is 17.7. The maximum Gasteiger partial charge on any atom is 0.296 e. The van der Waals surface area contributed by atoms with E-state index in [4.69, 9.17) is 19.2 Å². The molecule has 0 spiro atoms. The molecular formula is C28H47N3O5S. The Bertz CT molecular complexity index is 930. The van der Waals surface area contributed by atoms with Crippen LogP contribution in [0.2, 0.25) is 0 Å². The van der Waals surface area contributed by atoms with Crippen molar-refractivity contribution in [2.45, 2.75) is 140 Å². The first-order valence-electron chi connectivity index (χ1n) is 14.0. The predicted molar refractivity (Wildman–Crippen MR) is 147 cm³/mol. The van der Waals surface area contributed by atoms with Crippen LogP contribution < -0.4 is 0 Å². The fourth-order valence-corrected chi connectivity index (χ4v) is 5.72. The molecule has 9 heteroatoms. The summed E-state index contributed by atoms with van der Waals surface area (Å²) in [6.45, 7) is 7.46. The smallest absolute Gasteiger partial charge is 0.296 e. The van der Waals surface area contributed by atoms with Crippen molar-refractivity contribution in [2.75, 3.05) is 6.61 Å². The summed E-state index contributed by atoms with van der Waals surface area (Å²) in [5.74, 6) is -0.842. The fraction of sp³-hybridized carbons (Fsp3) is 0.786. The lowest BCUT2D eigenvalue weighted by molar-refractivity contribution is -0.148. The number of benzene rings is 1. The molecule has 0 aliphatic carbocycles. The average Bonchev–Trinajstić information content (AvgIpc) is 3.16. The first-order valence-corrected chi connectivity index (χ1v) is 15.5. The van der Waals surface area contributed by atoms with Gasteiger partial charge in [-0.3, -0.25) is 4.18 Å². The van der Waals surface area contributed by atoms with Gasteiger partial charge in [0.25, 0.3) is 10.1 Å². The zero-order chi connectivity index (χ0) is 27.2. The van der Waals surface area contributed by atoms with Gasteiger partial charge in [-0.05, 0) is 44.9 Å². The lowest BCUT2D eigenvalue weighted by Gasteiger charge is -2.23. The number of rotatable bonds is 19. The Morgan fingerprint density at radius 3 is 2.03 bits per heavy atom. The first kappa shape index (κ1) is 31.6.